The largest absolute Gasteiger partial charge is 0.480 e. The highest BCUT2D eigenvalue weighted by Crippen LogP contribution is 2.48. The Bertz CT molecular complexity index is 359. The molecule has 0 heterocycles. The van der Waals surface area contributed by atoms with Crippen molar-refractivity contribution in [2.75, 3.05) is 20.1 Å². The van der Waals surface area contributed by atoms with Crippen LogP contribution in [0.25, 0.3) is 0 Å². The minimum absolute atomic E-state index is 0.291. The van der Waals surface area contributed by atoms with Gasteiger partial charge in [-0.3, -0.25) is 4.79 Å². The summed E-state index contributed by atoms with van der Waals surface area (Å²) in [5.41, 5.74) is 0. The van der Waals surface area contributed by atoms with E-state index < -0.39 is 12.0 Å². The van der Waals surface area contributed by atoms with E-state index in [0.717, 1.165) is 24.3 Å². The number of carboxylic acids is 1. The molecule has 5 heteroatoms. The number of hydrogen-bond acceptors (Lipinski definition) is 3. The molecule has 2 saturated carbocycles. The Hall–Kier alpha value is -1.10. The van der Waals surface area contributed by atoms with Crippen molar-refractivity contribution in [3.8, 4) is 0 Å². The van der Waals surface area contributed by atoms with Crippen LogP contribution in [0.3, 0.4) is 0 Å². The molecule has 0 aromatic carbocycles. The number of likely N-dealkylation sites (N-methyl/N-ethyl adjacent to an activating group) is 1. The van der Waals surface area contributed by atoms with Crippen molar-refractivity contribution in [1.29, 1.82) is 0 Å². The number of nitrogens with zero attached hydrogens (tertiary/aromatic N) is 1. The Kier molecular flexibility index (Phi) is 4.45. The lowest BCUT2D eigenvalue weighted by Crippen LogP contribution is -2.48. The van der Waals surface area contributed by atoms with Crippen LogP contribution in [0.5, 0.6) is 0 Å². The predicted octanol–water partition coefficient (Wildman–Crippen LogP) is 0.944. The van der Waals surface area contributed by atoms with Crippen LogP contribution in [0.1, 0.15) is 32.6 Å². The van der Waals surface area contributed by atoms with Crippen LogP contribution in [-0.2, 0) is 9.59 Å². The van der Waals surface area contributed by atoms with Crippen molar-refractivity contribution in [3.63, 3.8) is 0 Å². The third-order valence-corrected chi connectivity index (χ3v) is 4.60. The quantitative estimate of drug-likeness (QED) is 0.752. The van der Waals surface area contributed by atoms with Gasteiger partial charge < -0.3 is 15.3 Å². The van der Waals surface area contributed by atoms with E-state index in [-0.39, 0.29) is 5.91 Å². The van der Waals surface area contributed by atoms with Crippen molar-refractivity contribution in [1.82, 2.24) is 10.2 Å². The van der Waals surface area contributed by atoms with Crippen LogP contribution in [0.2, 0.25) is 0 Å². The van der Waals surface area contributed by atoms with E-state index in [2.05, 4.69) is 10.2 Å². The topological polar surface area (TPSA) is 69.6 Å². The maximum absolute atomic E-state index is 11.1. The number of nitrogens with one attached hydrogen (secondary N) is 1. The number of fused-ring (bicyclic) bond motifs is 2. The average molecular weight is 268 g/mol. The first-order valence-corrected chi connectivity index (χ1v) is 7.14. The number of aliphatic carboxylic acids is 1. The fourth-order valence-corrected chi connectivity index (χ4v) is 3.82. The first-order valence-electron chi connectivity index (χ1n) is 7.14. The maximum Gasteiger partial charge on any atom is 0.327 e. The molecule has 2 bridgehead atoms. The van der Waals surface area contributed by atoms with Crippen molar-refractivity contribution >= 4 is 11.9 Å². The third kappa shape index (κ3) is 3.69. The summed E-state index contributed by atoms with van der Waals surface area (Å²) < 4.78 is 0. The molecule has 0 aromatic heterocycles. The Labute approximate surface area is 114 Å². The van der Waals surface area contributed by atoms with Gasteiger partial charge in [-0.2, -0.15) is 0 Å². The summed E-state index contributed by atoms with van der Waals surface area (Å²) >= 11 is 0. The lowest BCUT2D eigenvalue weighted by molar-refractivity contribution is -0.142. The molecule has 0 aromatic rings. The van der Waals surface area contributed by atoms with Crippen LogP contribution in [-0.4, -0.2) is 48.1 Å². The van der Waals surface area contributed by atoms with Gasteiger partial charge in [0.15, 0.2) is 0 Å². The lowest BCUT2D eigenvalue weighted by Gasteiger charge is -2.28. The molecule has 2 aliphatic carbocycles. The summed E-state index contributed by atoms with van der Waals surface area (Å²) in [6, 6.07) is -0.805. The molecule has 2 N–H and O–H groups in total. The molecule has 5 nitrogen and oxygen atoms in total. The molecule has 0 saturated heterocycles. The van der Waals surface area contributed by atoms with Gasteiger partial charge in [-0.15, -0.1) is 0 Å². The monoisotopic (exact) mass is 268 g/mol. The second kappa shape index (κ2) is 5.90. The van der Waals surface area contributed by atoms with E-state index in [4.69, 9.17) is 5.11 Å². The van der Waals surface area contributed by atoms with Crippen LogP contribution >= 0.6 is 0 Å². The summed E-state index contributed by atoms with van der Waals surface area (Å²) in [6.45, 7) is 2.68. The van der Waals surface area contributed by atoms with Crippen LogP contribution < -0.4 is 5.32 Å². The molecule has 19 heavy (non-hydrogen) atoms. The van der Waals surface area contributed by atoms with Gasteiger partial charge in [-0.25, -0.2) is 4.79 Å². The number of carbonyl (C=O) groups excluding carboxylic acids is 1. The molecule has 1 amide bonds. The van der Waals surface area contributed by atoms with Gasteiger partial charge >= 0.3 is 5.97 Å². The number of carboxylic acid groups (broad SMARTS) is 1. The molecule has 2 fully saturated rings. The van der Waals surface area contributed by atoms with E-state index in [1.807, 2.05) is 7.05 Å². The average Bonchev–Trinajstić information content (AvgIpc) is 2.89. The van der Waals surface area contributed by atoms with Crippen molar-refractivity contribution < 1.29 is 14.7 Å². The second-order valence-corrected chi connectivity index (χ2v) is 6.25. The lowest BCUT2D eigenvalue weighted by atomic mass is 9.88. The predicted molar refractivity (Wildman–Crippen MR) is 71.7 cm³/mol. The van der Waals surface area contributed by atoms with Gasteiger partial charge in [0.05, 0.1) is 0 Å². The first kappa shape index (κ1) is 14.3. The molecule has 0 aliphatic heterocycles. The Morgan fingerprint density at radius 2 is 2.11 bits per heavy atom. The zero-order valence-electron chi connectivity index (χ0n) is 11.8. The van der Waals surface area contributed by atoms with Gasteiger partial charge in [0, 0.05) is 20.0 Å². The van der Waals surface area contributed by atoms with Gasteiger partial charge in [-0.05, 0) is 44.1 Å². The van der Waals surface area contributed by atoms with E-state index in [1.165, 1.54) is 32.6 Å². The van der Waals surface area contributed by atoms with Crippen molar-refractivity contribution in [3.05, 3.63) is 0 Å². The molecule has 0 radical (unpaired) electrons. The Morgan fingerprint density at radius 3 is 2.58 bits per heavy atom. The summed E-state index contributed by atoms with van der Waals surface area (Å²) in [7, 11) is 1.95. The van der Waals surface area contributed by atoms with Crippen LogP contribution in [0, 0.1) is 17.8 Å². The SMILES string of the molecule is CC(=O)NC(CN(C)CC1CC2CCC1C2)C(=O)O. The minimum Gasteiger partial charge on any atom is -0.480 e. The second-order valence-electron chi connectivity index (χ2n) is 6.25. The van der Waals surface area contributed by atoms with Gasteiger partial charge in [0.25, 0.3) is 0 Å². The highest BCUT2D eigenvalue weighted by molar-refractivity contribution is 5.82. The number of amides is 1. The fourth-order valence-electron chi connectivity index (χ4n) is 3.82. The van der Waals surface area contributed by atoms with E-state index in [1.54, 1.807) is 0 Å². The third-order valence-electron chi connectivity index (χ3n) is 4.60. The normalized spacial score (nSPS) is 30.6. The van der Waals surface area contributed by atoms with E-state index >= 15 is 0 Å². The van der Waals surface area contributed by atoms with Crippen LogP contribution in [0.4, 0.5) is 0 Å². The number of rotatable bonds is 6. The molecule has 0 spiro atoms. The highest BCUT2D eigenvalue weighted by Gasteiger charge is 2.39. The van der Waals surface area contributed by atoms with Gasteiger partial charge in [-0.1, -0.05) is 6.42 Å². The van der Waals surface area contributed by atoms with E-state index in [0.29, 0.717) is 6.54 Å². The molecule has 2 aliphatic rings. The van der Waals surface area contributed by atoms with Gasteiger partial charge in [0.1, 0.15) is 6.04 Å². The fraction of sp³-hybridized carbons (Fsp3) is 0.857. The Morgan fingerprint density at radius 1 is 1.37 bits per heavy atom. The van der Waals surface area contributed by atoms with Crippen molar-refractivity contribution in [2.24, 2.45) is 17.8 Å². The summed E-state index contributed by atoms with van der Waals surface area (Å²) in [5, 5.41) is 11.6. The molecule has 4 unspecified atom stereocenters. The zero-order valence-corrected chi connectivity index (χ0v) is 11.8. The molecule has 4 atom stereocenters. The first-order chi connectivity index (χ1) is 8.95. The minimum atomic E-state index is -0.963. The van der Waals surface area contributed by atoms with Gasteiger partial charge in [0.2, 0.25) is 5.91 Å². The summed E-state index contributed by atoms with van der Waals surface area (Å²) in [5.74, 6) is 1.22. The van der Waals surface area contributed by atoms with E-state index in [9.17, 15) is 9.59 Å². The molecular formula is C14H24N2O3. The van der Waals surface area contributed by atoms with Crippen molar-refractivity contribution in [2.45, 2.75) is 38.6 Å². The standard InChI is InChI=1S/C14H24N2O3/c1-9(17)15-13(14(18)19)8-16(2)7-12-6-10-3-4-11(12)5-10/h10-13H,3-8H2,1-2H3,(H,15,17)(H,18,19). The maximum atomic E-state index is 11.1. The molecule has 2 rings (SSSR count). The zero-order chi connectivity index (χ0) is 14.0. The summed E-state index contributed by atoms with van der Waals surface area (Å²) in [6.07, 6.45) is 5.39. The number of carbonyl (C=O) groups is 2. The summed E-state index contributed by atoms with van der Waals surface area (Å²) in [4.78, 5) is 24.1. The molecule has 108 valence electrons. The van der Waals surface area contributed by atoms with Crippen LogP contribution in [0.15, 0.2) is 0 Å². The highest BCUT2D eigenvalue weighted by atomic mass is 16.4. The molecular weight excluding hydrogens is 244 g/mol. The Balaban J connectivity index is 1.80. The smallest absolute Gasteiger partial charge is 0.327 e. The number of hydrogen-bond donors (Lipinski definition) is 2.